The largest absolute Gasteiger partial charge is 0.452 e. The van der Waals surface area contributed by atoms with E-state index in [0.717, 1.165) is 32.7 Å². The van der Waals surface area contributed by atoms with Gasteiger partial charge in [-0.2, -0.15) is 0 Å². The molecule has 0 saturated carbocycles. The molecule has 2 fully saturated rings. The summed E-state index contributed by atoms with van der Waals surface area (Å²) >= 11 is 1.48. The van der Waals surface area contributed by atoms with Crippen LogP contribution in [0.25, 0.3) is 0 Å². The second-order valence-corrected chi connectivity index (χ2v) is 18.9. The first kappa shape index (κ1) is 51.4. The van der Waals surface area contributed by atoms with Crippen molar-refractivity contribution in [2.24, 2.45) is 0 Å². The fourth-order valence-electron chi connectivity index (χ4n) is 8.58. The number of ether oxygens (including phenoxy) is 9. The van der Waals surface area contributed by atoms with Crippen molar-refractivity contribution in [2.45, 2.75) is 92.4 Å². The van der Waals surface area contributed by atoms with Crippen LogP contribution in [-0.4, -0.2) is 84.4 Å². The van der Waals surface area contributed by atoms with Crippen LogP contribution in [0.4, 0.5) is 0 Å². The molecule has 0 radical (unpaired) electrons. The molecule has 9 atom stereocenters. The van der Waals surface area contributed by atoms with Gasteiger partial charge in [-0.05, 0) is 65.6 Å². The zero-order valence-electron chi connectivity index (χ0n) is 40.3. The Hall–Kier alpha value is -6.49. The van der Waals surface area contributed by atoms with Gasteiger partial charge in [-0.15, -0.1) is 0 Å². The molecule has 376 valence electrons. The minimum absolute atomic E-state index is 0.0763. The third kappa shape index (κ3) is 14.0. The molecule has 2 aliphatic rings. The Morgan fingerprint density at radius 1 is 0.521 bits per heavy atom. The van der Waals surface area contributed by atoms with Crippen molar-refractivity contribution in [1.82, 2.24) is 0 Å². The molecule has 0 aliphatic carbocycles. The Balaban J connectivity index is 1.08. The lowest BCUT2D eigenvalue weighted by Gasteiger charge is -2.48. The third-order valence-electron chi connectivity index (χ3n) is 12.4. The fourth-order valence-corrected chi connectivity index (χ4v) is 9.70. The molecule has 0 spiro atoms. The average Bonchev–Trinajstić information content (AvgIpc) is 3.44. The van der Waals surface area contributed by atoms with Gasteiger partial charge in [0.2, 0.25) is 0 Å². The van der Waals surface area contributed by atoms with E-state index >= 15 is 0 Å². The zero-order valence-corrected chi connectivity index (χ0v) is 41.2. The van der Waals surface area contributed by atoms with Crippen LogP contribution in [-0.2, 0) is 69.1 Å². The van der Waals surface area contributed by atoms with Crippen LogP contribution >= 0.6 is 11.8 Å². The average molecular weight is 1000 g/mol. The smallest absolute Gasteiger partial charge is 0.338 e. The standard InChI is InChI=1S/C60H58O12S/c1-42-32-34-49(35-33-42)73-59-55(66-38-45-24-12-4-13-25-45)54(65-37-44-22-10-3-11-23-44)52(64-36-43-20-8-2-9-21-43)50(71-59)40-68-60(63)56(67-39-46-26-14-5-15-27-46)53(72-58(62)48-30-18-7-19-31-48)51(41-69-60)70-57(61)47-28-16-6-17-29-47/h2-35,50-56,59,63H,36-41H2,1H3/t50-,51-,52-,53-,54+,55+,56+,59-,60-/m1/s1. The predicted octanol–water partition coefficient (Wildman–Crippen LogP) is 10.3. The Kier molecular flexibility index (Phi) is 17.9. The molecule has 7 aromatic rings. The Bertz CT molecular complexity index is 2760. The number of aryl methyl sites for hydroxylation is 1. The van der Waals surface area contributed by atoms with E-state index in [9.17, 15) is 14.7 Å². The summed E-state index contributed by atoms with van der Waals surface area (Å²) in [7, 11) is 0. The van der Waals surface area contributed by atoms with Gasteiger partial charge in [0.05, 0.1) is 50.8 Å². The summed E-state index contributed by atoms with van der Waals surface area (Å²) in [5, 5.41) is 12.9. The summed E-state index contributed by atoms with van der Waals surface area (Å²) in [6, 6.07) is 63.8. The van der Waals surface area contributed by atoms with E-state index in [4.69, 9.17) is 42.6 Å². The maximum atomic E-state index is 14.0. The van der Waals surface area contributed by atoms with E-state index in [1.807, 2.05) is 153 Å². The second kappa shape index (κ2) is 25.4. The highest BCUT2D eigenvalue weighted by Crippen LogP contribution is 2.40. The first-order chi connectivity index (χ1) is 35.8. The molecule has 13 heteroatoms. The number of benzene rings is 7. The van der Waals surface area contributed by atoms with Crippen LogP contribution < -0.4 is 0 Å². The fraction of sp³-hybridized carbons (Fsp3) is 0.267. The molecule has 0 aromatic heterocycles. The molecule has 0 unspecified atom stereocenters. The van der Waals surface area contributed by atoms with Crippen molar-refractivity contribution in [3.05, 3.63) is 245 Å². The van der Waals surface area contributed by atoms with Gasteiger partial charge >= 0.3 is 17.9 Å². The second-order valence-electron chi connectivity index (χ2n) is 17.8. The first-order valence-electron chi connectivity index (χ1n) is 24.3. The van der Waals surface area contributed by atoms with Gasteiger partial charge in [0.15, 0.2) is 18.3 Å². The molecule has 0 bridgehead atoms. The molecule has 12 nitrogen and oxygen atoms in total. The van der Waals surface area contributed by atoms with E-state index in [2.05, 4.69) is 0 Å². The minimum Gasteiger partial charge on any atom is -0.452 e. The number of aliphatic hydroxyl groups is 1. The Labute approximate surface area is 430 Å². The SMILES string of the molecule is Cc1ccc(S[C@H]2O[C@H](CO[C@@]3(O)OC[C@@H](OC(=O)c4ccccc4)[C@@H](OC(=O)c4ccccc4)[C@@H]3OCc3ccccc3)[C@@H](OCc3ccccc3)[C@H](OCc3ccccc3)[C@@H]2OCc2ccccc2)cc1. The highest BCUT2D eigenvalue weighted by molar-refractivity contribution is 7.99. The summed E-state index contributed by atoms with van der Waals surface area (Å²) in [5.41, 5.74) is 4.44. The molecule has 7 aromatic carbocycles. The highest BCUT2D eigenvalue weighted by atomic mass is 32.2. The highest BCUT2D eigenvalue weighted by Gasteiger charge is 2.57. The molecule has 0 amide bonds. The van der Waals surface area contributed by atoms with Crippen LogP contribution in [0.2, 0.25) is 0 Å². The lowest BCUT2D eigenvalue weighted by Crippen LogP contribution is -2.66. The van der Waals surface area contributed by atoms with Crippen molar-refractivity contribution in [2.75, 3.05) is 13.2 Å². The maximum absolute atomic E-state index is 14.0. The summed E-state index contributed by atoms with van der Waals surface area (Å²) < 4.78 is 59.6. The van der Waals surface area contributed by atoms with Crippen molar-refractivity contribution in [3.8, 4) is 0 Å². The third-order valence-corrected chi connectivity index (χ3v) is 13.6. The molecule has 1 N–H and O–H groups in total. The first-order valence-corrected chi connectivity index (χ1v) is 25.2. The van der Waals surface area contributed by atoms with Crippen molar-refractivity contribution >= 4 is 23.7 Å². The van der Waals surface area contributed by atoms with Gasteiger partial charge in [0, 0.05) is 4.90 Å². The van der Waals surface area contributed by atoms with E-state index in [-0.39, 0.29) is 44.2 Å². The topological polar surface area (TPSA) is 137 Å². The zero-order chi connectivity index (χ0) is 50.2. The van der Waals surface area contributed by atoms with E-state index in [1.165, 1.54) is 11.8 Å². The molecule has 2 aliphatic heterocycles. The summed E-state index contributed by atoms with van der Waals surface area (Å²) in [6.45, 7) is 1.81. The van der Waals surface area contributed by atoms with E-state index < -0.39 is 72.7 Å². The van der Waals surface area contributed by atoms with Gasteiger partial charge in [0.25, 0.3) is 0 Å². The number of carbonyl (C=O) groups excluding carboxylic acids is 2. The van der Waals surface area contributed by atoms with Gasteiger partial charge in [-0.1, -0.05) is 187 Å². The number of carbonyl (C=O) groups is 2. The van der Waals surface area contributed by atoms with Crippen molar-refractivity contribution in [3.63, 3.8) is 0 Å². The maximum Gasteiger partial charge on any atom is 0.338 e. The normalized spacial score (nSPS) is 23.8. The number of thioether (sulfide) groups is 1. The van der Waals surface area contributed by atoms with E-state index in [0.29, 0.717) is 0 Å². The lowest BCUT2D eigenvalue weighted by molar-refractivity contribution is -0.441. The van der Waals surface area contributed by atoms with Crippen molar-refractivity contribution < 1.29 is 57.3 Å². The number of hydrogen-bond acceptors (Lipinski definition) is 13. The summed E-state index contributed by atoms with van der Waals surface area (Å²) in [6.07, 6.45) is -7.61. The quantitative estimate of drug-likeness (QED) is 0.0541. The molecule has 73 heavy (non-hydrogen) atoms. The Morgan fingerprint density at radius 2 is 0.945 bits per heavy atom. The van der Waals surface area contributed by atoms with Crippen LogP contribution in [0, 0.1) is 6.92 Å². The summed E-state index contributed by atoms with van der Waals surface area (Å²) in [5.74, 6) is -4.07. The summed E-state index contributed by atoms with van der Waals surface area (Å²) in [4.78, 5) is 28.6. The number of esters is 2. The minimum atomic E-state index is -2.62. The van der Waals surface area contributed by atoms with Gasteiger partial charge in [-0.3, -0.25) is 0 Å². The molecule has 9 rings (SSSR count). The van der Waals surface area contributed by atoms with Gasteiger partial charge < -0.3 is 47.7 Å². The van der Waals surface area contributed by atoms with Crippen LogP contribution in [0.1, 0.15) is 48.5 Å². The van der Waals surface area contributed by atoms with Crippen LogP contribution in [0.3, 0.4) is 0 Å². The van der Waals surface area contributed by atoms with Crippen LogP contribution in [0.15, 0.2) is 211 Å². The van der Waals surface area contributed by atoms with Crippen LogP contribution in [0.5, 0.6) is 0 Å². The molecule has 2 saturated heterocycles. The Morgan fingerprint density at radius 3 is 1.44 bits per heavy atom. The lowest BCUT2D eigenvalue weighted by atomic mass is 9.98. The molecular formula is C60H58O12S. The van der Waals surface area contributed by atoms with Gasteiger partial charge in [-0.25, -0.2) is 9.59 Å². The van der Waals surface area contributed by atoms with Crippen molar-refractivity contribution in [1.29, 1.82) is 0 Å². The van der Waals surface area contributed by atoms with E-state index in [1.54, 1.807) is 60.7 Å². The molecular weight excluding hydrogens is 945 g/mol. The van der Waals surface area contributed by atoms with Gasteiger partial charge in [0.1, 0.15) is 29.9 Å². The predicted molar refractivity (Wildman–Crippen MR) is 274 cm³/mol. The monoisotopic (exact) mass is 1000 g/mol. The molecule has 2 heterocycles. The number of rotatable bonds is 21. The number of hydrogen-bond donors (Lipinski definition) is 1.